The van der Waals surface area contributed by atoms with Gasteiger partial charge in [-0.3, -0.25) is 0 Å². The molecule has 0 unspecified atom stereocenters. The first-order chi connectivity index (χ1) is 6.77. The van der Waals surface area contributed by atoms with Crippen LogP contribution in [0.3, 0.4) is 0 Å². The second-order valence-electron chi connectivity index (χ2n) is 2.99. The van der Waals surface area contributed by atoms with Crippen LogP contribution < -0.4 is 4.90 Å². The first-order valence-electron chi connectivity index (χ1n) is 4.75. The van der Waals surface area contributed by atoms with E-state index >= 15 is 0 Å². The Labute approximate surface area is 83.2 Å². The van der Waals surface area contributed by atoms with Gasteiger partial charge >= 0.3 is 0 Å². The molecule has 0 spiro atoms. The van der Waals surface area contributed by atoms with Gasteiger partial charge in [0.2, 0.25) is 5.95 Å². The zero-order chi connectivity index (χ0) is 10.4. The zero-order valence-corrected chi connectivity index (χ0v) is 8.28. The summed E-state index contributed by atoms with van der Waals surface area (Å²) in [6.07, 6.45) is 2.14. The lowest BCUT2D eigenvalue weighted by Gasteiger charge is -2.22. The average Bonchev–Trinajstić information content (AvgIpc) is 2.19. The maximum atomic E-state index is 12.8. The number of hydrogen-bond acceptors (Lipinski definition) is 3. The number of rotatable bonds is 5. The van der Waals surface area contributed by atoms with Gasteiger partial charge in [-0.2, -0.15) is 4.39 Å². The molecule has 0 fully saturated rings. The molecule has 0 atom stereocenters. The molecular weight excluding hydrogens is 183 g/mol. The summed E-state index contributed by atoms with van der Waals surface area (Å²) < 4.78 is 12.8. The van der Waals surface area contributed by atoms with Crippen molar-refractivity contribution in [1.29, 1.82) is 0 Å². The lowest BCUT2D eigenvalue weighted by Crippen LogP contribution is -2.24. The van der Waals surface area contributed by atoms with Gasteiger partial charge in [0.05, 0.1) is 0 Å². The Morgan fingerprint density at radius 2 is 2.36 bits per heavy atom. The Morgan fingerprint density at radius 3 is 2.93 bits per heavy atom. The van der Waals surface area contributed by atoms with E-state index in [4.69, 9.17) is 5.11 Å². The molecule has 0 bridgehead atoms. The lowest BCUT2D eigenvalue weighted by atomic mass is 10.3. The van der Waals surface area contributed by atoms with Crippen molar-refractivity contribution in [2.24, 2.45) is 0 Å². The number of nitrogens with zero attached hydrogens (tertiary/aromatic N) is 2. The molecule has 0 saturated carbocycles. The van der Waals surface area contributed by atoms with Crippen LogP contribution in [0, 0.1) is 5.95 Å². The SMILES string of the molecule is CCN(CCCO)c1ccnc(F)c1. The Kier molecular flexibility index (Phi) is 4.32. The van der Waals surface area contributed by atoms with Gasteiger partial charge in [-0.15, -0.1) is 0 Å². The second kappa shape index (κ2) is 5.54. The van der Waals surface area contributed by atoms with Crippen LogP contribution in [-0.4, -0.2) is 29.8 Å². The highest BCUT2D eigenvalue weighted by Crippen LogP contribution is 2.13. The molecule has 0 amide bonds. The van der Waals surface area contributed by atoms with E-state index < -0.39 is 5.95 Å². The van der Waals surface area contributed by atoms with E-state index in [1.165, 1.54) is 12.3 Å². The van der Waals surface area contributed by atoms with Crippen molar-refractivity contribution in [3.05, 3.63) is 24.3 Å². The van der Waals surface area contributed by atoms with Crippen molar-refractivity contribution in [3.8, 4) is 0 Å². The number of aliphatic hydroxyl groups excluding tert-OH is 1. The molecule has 14 heavy (non-hydrogen) atoms. The predicted octanol–water partition coefficient (Wildman–Crippen LogP) is 1.43. The van der Waals surface area contributed by atoms with E-state index in [2.05, 4.69) is 4.98 Å². The van der Waals surface area contributed by atoms with Crippen molar-refractivity contribution in [2.75, 3.05) is 24.6 Å². The van der Waals surface area contributed by atoms with Crippen LogP contribution in [0.25, 0.3) is 0 Å². The molecule has 3 nitrogen and oxygen atoms in total. The van der Waals surface area contributed by atoms with Crippen LogP contribution in [0.4, 0.5) is 10.1 Å². The molecular formula is C10H15FN2O. The molecule has 1 rings (SSSR count). The van der Waals surface area contributed by atoms with Gasteiger partial charge in [0.25, 0.3) is 0 Å². The molecule has 0 aliphatic carbocycles. The Hall–Kier alpha value is -1.16. The van der Waals surface area contributed by atoms with Gasteiger partial charge in [-0.05, 0) is 19.4 Å². The quantitative estimate of drug-likeness (QED) is 0.727. The summed E-state index contributed by atoms with van der Waals surface area (Å²) >= 11 is 0. The fourth-order valence-electron chi connectivity index (χ4n) is 1.32. The maximum absolute atomic E-state index is 12.8. The van der Waals surface area contributed by atoms with E-state index in [0.717, 1.165) is 18.8 Å². The molecule has 0 radical (unpaired) electrons. The summed E-state index contributed by atoms with van der Waals surface area (Å²) in [6.45, 7) is 3.68. The number of aromatic nitrogens is 1. The van der Waals surface area contributed by atoms with Crippen LogP contribution in [0.1, 0.15) is 13.3 Å². The van der Waals surface area contributed by atoms with Crippen LogP contribution in [-0.2, 0) is 0 Å². The lowest BCUT2D eigenvalue weighted by molar-refractivity contribution is 0.289. The van der Waals surface area contributed by atoms with E-state index in [-0.39, 0.29) is 6.61 Å². The minimum absolute atomic E-state index is 0.157. The third-order valence-electron chi connectivity index (χ3n) is 2.04. The smallest absolute Gasteiger partial charge is 0.214 e. The van der Waals surface area contributed by atoms with Gasteiger partial charge in [0.1, 0.15) is 0 Å². The molecule has 78 valence electrons. The summed E-state index contributed by atoms with van der Waals surface area (Å²) in [4.78, 5) is 5.50. The molecule has 1 aromatic rings. The molecule has 1 heterocycles. The Morgan fingerprint density at radius 1 is 1.57 bits per heavy atom. The third kappa shape index (κ3) is 2.96. The maximum Gasteiger partial charge on any atom is 0.214 e. The second-order valence-corrected chi connectivity index (χ2v) is 2.99. The molecule has 0 aliphatic rings. The fourth-order valence-corrected chi connectivity index (χ4v) is 1.32. The standard InChI is InChI=1S/C10H15FN2O/c1-2-13(6-3-7-14)9-4-5-12-10(11)8-9/h4-5,8,14H,2-3,6-7H2,1H3. The number of halogens is 1. The summed E-state index contributed by atoms with van der Waals surface area (Å²) in [5.41, 5.74) is 0.813. The minimum Gasteiger partial charge on any atom is -0.396 e. The Bertz CT molecular complexity index is 281. The van der Waals surface area contributed by atoms with E-state index in [1.54, 1.807) is 6.07 Å². The number of aliphatic hydroxyl groups is 1. The number of anilines is 1. The highest BCUT2D eigenvalue weighted by molar-refractivity contribution is 5.44. The van der Waals surface area contributed by atoms with Gasteiger partial charge in [0, 0.05) is 37.6 Å². The summed E-state index contributed by atoms with van der Waals surface area (Å²) in [6, 6.07) is 3.17. The van der Waals surface area contributed by atoms with Crippen LogP contribution in [0.2, 0.25) is 0 Å². The van der Waals surface area contributed by atoms with Crippen LogP contribution >= 0.6 is 0 Å². The number of hydrogen-bond donors (Lipinski definition) is 1. The Balaban J connectivity index is 2.68. The van der Waals surface area contributed by atoms with E-state index in [0.29, 0.717) is 6.42 Å². The van der Waals surface area contributed by atoms with Gasteiger partial charge < -0.3 is 10.0 Å². The number of pyridine rings is 1. The fraction of sp³-hybridized carbons (Fsp3) is 0.500. The van der Waals surface area contributed by atoms with Crippen molar-refractivity contribution in [2.45, 2.75) is 13.3 Å². The van der Waals surface area contributed by atoms with E-state index in [9.17, 15) is 4.39 Å². The molecule has 1 N–H and O–H groups in total. The molecule has 4 heteroatoms. The molecule has 1 aromatic heterocycles. The normalized spacial score (nSPS) is 10.2. The topological polar surface area (TPSA) is 36.4 Å². The minimum atomic E-state index is -0.468. The van der Waals surface area contributed by atoms with Gasteiger partial charge in [-0.1, -0.05) is 0 Å². The van der Waals surface area contributed by atoms with Gasteiger partial charge in [-0.25, -0.2) is 4.98 Å². The first kappa shape index (κ1) is 10.9. The highest BCUT2D eigenvalue weighted by atomic mass is 19.1. The largest absolute Gasteiger partial charge is 0.396 e. The summed E-state index contributed by atoms with van der Waals surface area (Å²) in [5.74, 6) is -0.468. The van der Waals surface area contributed by atoms with Crippen molar-refractivity contribution in [1.82, 2.24) is 4.98 Å². The highest BCUT2D eigenvalue weighted by Gasteiger charge is 2.04. The monoisotopic (exact) mass is 198 g/mol. The van der Waals surface area contributed by atoms with Crippen molar-refractivity contribution in [3.63, 3.8) is 0 Å². The third-order valence-corrected chi connectivity index (χ3v) is 2.04. The van der Waals surface area contributed by atoms with Crippen molar-refractivity contribution < 1.29 is 9.50 Å². The van der Waals surface area contributed by atoms with Crippen molar-refractivity contribution >= 4 is 5.69 Å². The predicted molar refractivity (Wildman–Crippen MR) is 53.8 cm³/mol. The van der Waals surface area contributed by atoms with Crippen LogP contribution in [0.15, 0.2) is 18.3 Å². The first-order valence-corrected chi connectivity index (χ1v) is 4.75. The summed E-state index contributed by atoms with van der Waals surface area (Å²) in [5, 5.41) is 8.70. The molecule has 0 aliphatic heterocycles. The zero-order valence-electron chi connectivity index (χ0n) is 8.28. The average molecular weight is 198 g/mol. The molecule has 0 aromatic carbocycles. The summed E-state index contributed by atoms with van der Waals surface area (Å²) in [7, 11) is 0. The van der Waals surface area contributed by atoms with E-state index in [1.807, 2.05) is 11.8 Å². The van der Waals surface area contributed by atoms with Gasteiger partial charge in [0.15, 0.2) is 0 Å². The van der Waals surface area contributed by atoms with Crippen LogP contribution in [0.5, 0.6) is 0 Å². The molecule has 0 saturated heterocycles.